The number of hydrogen-bond donors (Lipinski definition) is 0. The second-order valence-electron chi connectivity index (χ2n) is 1.92. The summed E-state index contributed by atoms with van der Waals surface area (Å²) in [7, 11) is 0. The molecule has 0 aromatic heterocycles. The van der Waals surface area contributed by atoms with Gasteiger partial charge in [-0.05, 0) is 6.42 Å². The molecule has 0 saturated heterocycles. The third-order valence-corrected chi connectivity index (χ3v) is 1.27. The highest BCUT2D eigenvalue weighted by molar-refractivity contribution is 5.78. The molecule has 1 aliphatic rings. The first-order valence-electron chi connectivity index (χ1n) is 2.85. The molecule has 1 aliphatic carbocycles. The van der Waals surface area contributed by atoms with Crippen molar-refractivity contribution < 1.29 is 9.18 Å². The van der Waals surface area contributed by atoms with Crippen LogP contribution in [0.15, 0.2) is 23.6 Å². The number of halogens is 1. The summed E-state index contributed by atoms with van der Waals surface area (Å²) >= 11 is 0. The van der Waals surface area contributed by atoms with Gasteiger partial charge < -0.3 is 0 Å². The smallest absolute Gasteiger partial charge is 0.152 e. The first-order chi connectivity index (χ1) is 4.34. The van der Waals surface area contributed by atoms with Crippen LogP contribution in [0.3, 0.4) is 0 Å². The molecule has 0 amide bonds. The number of carbonyl (C=O) groups is 1. The minimum Gasteiger partial charge on any atom is -0.298 e. The normalized spacial score (nSPS) is 18.3. The molecule has 0 aliphatic heterocycles. The van der Waals surface area contributed by atoms with Crippen molar-refractivity contribution in [2.45, 2.75) is 12.8 Å². The average Bonchev–Trinajstić information content (AvgIpc) is 1.89. The predicted octanol–water partition coefficient (Wildman–Crippen LogP) is 1.76. The summed E-state index contributed by atoms with van der Waals surface area (Å²) in [5.74, 6) is -0.285. The number of allylic oxidation sites excluding steroid dienone is 4. The lowest BCUT2D eigenvalue weighted by Crippen LogP contribution is -1.90. The van der Waals surface area contributed by atoms with Crippen LogP contribution >= 0.6 is 0 Å². The fourth-order valence-corrected chi connectivity index (χ4v) is 0.758. The van der Waals surface area contributed by atoms with E-state index in [1.807, 2.05) is 0 Å². The van der Waals surface area contributed by atoms with E-state index < -0.39 is 0 Å². The number of rotatable bonds is 1. The van der Waals surface area contributed by atoms with E-state index in [1.54, 1.807) is 6.08 Å². The van der Waals surface area contributed by atoms with Crippen molar-refractivity contribution in [2.75, 3.05) is 0 Å². The summed E-state index contributed by atoms with van der Waals surface area (Å²) < 4.78 is 12.4. The van der Waals surface area contributed by atoms with Crippen LogP contribution in [0, 0.1) is 0 Å². The molecule has 1 rings (SSSR count). The Morgan fingerprint density at radius 1 is 1.67 bits per heavy atom. The van der Waals surface area contributed by atoms with Crippen molar-refractivity contribution in [2.24, 2.45) is 0 Å². The summed E-state index contributed by atoms with van der Waals surface area (Å²) in [6.45, 7) is 0. The molecular weight excluding hydrogens is 119 g/mol. The van der Waals surface area contributed by atoms with Gasteiger partial charge in [0.25, 0.3) is 0 Å². The molecule has 0 heterocycles. The molecule has 0 bridgehead atoms. The minimum atomic E-state index is -0.285. The molecule has 1 nitrogen and oxygen atoms in total. The quantitative estimate of drug-likeness (QED) is 0.489. The number of aldehydes is 1. The molecule has 0 N–H and O–H groups in total. The average molecular weight is 126 g/mol. The molecule has 2 heteroatoms. The van der Waals surface area contributed by atoms with Crippen LogP contribution in [0.1, 0.15) is 12.8 Å². The second kappa shape index (κ2) is 2.58. The summed E-state index contributed by atoms with van der Waals surface area (Å²) in [5.41, 5.74) is 0.196. The van der Waals surface area contributed by atoms with Gasteiger partial charge in [-0.2, -0.15) is 0 Å². The van der Waals surface area contributed by atoms with E-state index in [0.717, 1.165) is 0 Å². The molecule has 0 spiro atoms. The Bertz CT molecular complexity index is 179. The van der Waals surface area contributed by atoms with Crippen LogP contribution < -0.4 is 0 Å². The van der Waals surface area contributed by atoms with Crippen LogP contribution in [-0.4, -0.2) is 6.29 Å². The maximum absolute atomic E-state index is 12.4. The van der Waals surface area contributed by atoms with Gasteiger partial charge in [-0.3, -0.25) is 4.79 Å². The SMILES string of the molecule is O=CC1=C(F)CCC=C1. The van der Waals surface area contributed by atoms with Crippen LogP contribution in [-0.2, 0) is 4.79 Å². The number of carbonyl (C=O) groups excluding carboxylic acids is 1. The van der Waals surface area contributed by atoms with Crippen LogP contribution in [0.4, 0.5) is 4.39 Å². The standard InChI is InChI=1S/C7H7FO/c8-7-4-2-1-3-6(7)5-9/h1,3,5H,2,4H2. The van der Waals surface area contributed by atoms with Gasteiger partial charge >= 0.3 is 0 Å². The highest BCUT2D eigenvalue weighted by Crippen LogP contribution is 2.17. The van der Waals surface area contributed by atoms with Crippen LogP contribution in [0.25, 0.3) is 0 Å². The first-order valence-corrected chi connectivity index (χ1v) is 2.85. The molecular formula is C7H7FO. The lowest BCUT2D eigenvalue weighted by molar-refractivity contribution is -0.104. The van der Waals surface area contributed by atoms with E-state index in [4.69, 9.17) is 0 Å². The van der Waals surface area contributed by atoms with Gasteiger partial charge in [0, 0.05) is 12.0 Å². The zero-order valence-corrected chi connectivity index (χ0v) is 4.93. The molecule has 0 unspecified atom stereocenters. The maximum atomic E-state index is 12.4. The van der Waals surface area contributed by atoms with Crippen molar-refractivity contribution in [3.05, 3.63) is 23.6 Å². The van der Waals surface area contributed by atoms with Gasteiger partial charge in [0.1, 0.15) is 5.83 Å². The maximum Gasteiger partial charge on any atom is 0.152 e. The van der Waals surface area contributed by atoms with Gasteiger partial charge in [0.05, 0.1) is 0 Å². The van der Waals surface area contributed by atoms with E-state index in [2.05, 4.69) is 0 Å². The lowest BCUT2D eigenvalue weighted by atomic mass is 10.1. The Morgan fingerprint density at radius 2 is 2.44 bits per heavy atom. The first kappa shape index (κ1) is 6.20. The Kier molecular flexibility index (Phi) is 1.78. The van der Waals surface area contributed by atoms with Gasteiger partial charge in [0.2, 0.25) is 0 Å². The van der Waals surface area contributed by atoms with E-state index >= 15 is 0 Å². The Morgan fingerprint density at radius 3 is 2.89 bits per heavy atom. The topological polar surface area (TPSA) is 17.1 Å². The fourth-order valence-electron chi connectivity index (χ4n) is 0.758. The van der Waals surface area contributed by atoms with E-state index in [0.29, 0.717) is 19.1 Å². The van der Waals surface area contributed by atoms with Gasteiger partial charge in [-0.15, -0.1) is 0 Å². The summed E-state index contributed by atoms with van der Waals surface area (Å²) in [6.07, 6.45) is 4.96. The molecule has 0 aromatic rings. The predicted molar refractivity (Wildman–Crippen MR) is 32.6 cm³/mol. The van der Waals surface area contributed by atoms with Crippen molar-refractivity contribution >= 4 is 6.29 Å². The largest absolute Gasteiger partial charge is 0.298 e. The molecule has 0 aromatic carbocycles. The molecule has 0 atom stereocenters. The van der Waals surface area contributed by atoms with E-state index in [9.17, 15) is 9.18 Å². The fraction of sp³-hybridized carbons (Fsp3) is 0.286. The molecule has 48 valence electrons. The van der Waals surface area contributed by atoms with Crippen molar-refractivity contribution in [1.29, 1.82) is 0 Å². The monoisotopic (exact) mass is 126 g/mol. The summed E-state index contributed by atoms with van der Waals surface area (Å²) in [5, 5.41) is 0. The van der Waals surface area contributed by atoms with Gasteiger partial charge in [-0.1, -0.05) is 12.2 Å². The van der Waals surface area contributed by atoms with Crippen molar-refractivity contribution in [3.8, 4) is 0 Å². The van der Waals surface area contributed by atoms with Crippen molar-refractivity contribution in [3.63, 3.8) is 0 Å². The Balaban J connectivity index is 2.84. The Labute approximate surface area is 52.9 Å². The summed E-state index contributed by atoms with van der Waals surface area (Å²) in [6, 6.07) is 0. The zero-order chi connectivity index (χ0) is 6.69. The molecule has 9 heavy (non-hydrogen) atoms. The molecule has 0 saturated carbocycles. The third-order valence-electron chi connectivity index (χ3n) is 1.27. The van der Waals surface area contributed by atoms with Crippen LogP contribution in [0.5, 0.6) is 0 Å². The lowest BCUT2D eigenvalue weighted by Gasteiger charge is -2.01. The zero-order valence-electron chi connectivity index (χ0n) is 4.93. The number of hydrogen-bond acceptors (Lipinski definition) is 1. The van der Waals surface area contributed by atoms with Gasteiger partial charge in [-0.25, -0.2) is 4.39 Å². The second-order valence-corrected chi connectivity index (χ2v) is 1.92. The Hall–Kier alpha value is -0.920. The molecule has 0 radical (unpaired) electrons. The highest BCUT2D eigenvalue weighted by atomic mass is 19.1. The molecule has 0 fully saturated rings. The van der Waals surface area contributed by atoms with Crippen molar-refractivity contribution in [1.82, 2.24) is 0 Å². The van der Waals surface area contributed by atoms with E-state index in [1.165, 1.54) is 6.08 Å². The minimum absolute atomic E-state index is 0.196. The van der Waals surface area contributed by atoms with E-state index in [-0.39, 0.29) is 11.4 Å². The van der Waals surface area contributed by atoms with Gasteiger partial charge in [0.15, 0.2) is 6.29 Å². The summed E-state index contributed by atoms with van der Waals surface area (Å²) in [4.78, 5) is 10.0. The third kappa shape index (κ3) is 1.25. The van der Waals surface area contributed by atoms with Crippen LogP contribution in [0.2, 0.25) is 0 Å². The highest BCUT2D eigenvalue weighted by Gasteiger charge is 2.04.